The summed E-state index contributed by atoms with van der Waals surface area (Å²) < 4.78 is 12.9. The van der Waals surface area contributed by atoms with E-state index < -0.39 is 5.82 Å². The minimum Gasteiger partial charge on any atom is -0.355 e. The normalized spacial score (nSPS) is 20.4. The summed E-state index contributed by atoms with van der Waals surface area (Å²) >= 11 is 5.62. The highest BCUT2D eigenvalue weighted by Gasteiger charge is 2.38. The summed E-state index contributed by atoms with van der Waals surface area (Å²) in [6, 6.07) is 3.97. The lowest BCUT2D eigenvalue weighted by Gasteiger charge is -2.07. The van der Waals surface area contributed by atoms with Gasteiger partial charge in [-0.3, -0.25) is 9.59 Å². The van der Waals surface area contributed by atoms with Crippen molar-refractivity contribution in [1.82, 2.24) is 5.32 Å². The third-order valence-electron chi connectivity index (χ3n) is 3.30. The van der Waals surface area contributed by atoms with Crippen molar-refractivity contribution in [3.05, 3.63) is 29.0 Å². The van der Waals surface area contributed by atoms with Crippen molar-refractivity contribution in [1.29, 1.82) is 0 Å². The van der Waals surface area contributed by atoms with Crippen molar-refractivity contribution >= 4 is 29.1 Å². The molecule has 2 amide bonds. The number of halogens is 2. The van der Waals surface area contributed by atoms with E-state index in [2.05, 4.69) is 10.6 Å². The Morgan fingerprint density at radius 3 is 2.75 bits per heavy atom. The molecular formula is C14H16ClFN2O2. The van der Waals surface area contributed by atoms with E-state index >= 15 is 0 Å². The van der Waals surface area contributed by atoms with Gasteiger partial charge in [-0.1, -0.05) is 18.5 Å². The second-order valence-electron chi connectivity index (χ2n) is 5.04. The molecule has 1 saturated carbocycles. The van der Waals surface area contributed by atoms with Crippen molar-refractivity contribution in [2.45, 2.75) is 19.8 Å². The van der Waals surface area contributed by atoms with Crippen LogP contribution in [0.2, 0.25) is 5.02 Å². The molecule has 1 aliphatic rings. The van der Waals surface area contributed by atoms with Gasteiger partial charge in [0, 0.05) is 24.6 Å². The number of anilines is 1. The molecule has 2 atom stereocenters. The molecule has 0 spiro atoms. The maximum Gasteiger partial charge on any atom is 0.226 e. The Morgan fingerprint density at radius 1 is 1.45 bits per heavy atom. The van der Waals surface area contributed by atoms with Gasteiger partial charge in [0.15, 0.2) is 0 Å². The molecule has 1 aliphatic carbocycles. The minimum absolute atomic E-state index is 0.00938. The Morgan fingerprint density at radius 2 is 2.15 bits per heavy atom. The summed E-state index contributed by atoms with van der Waals surface area (Å²) in [6.45, 7) is 2.32. The van der Waals surface area contributed by atoms with Crippen LogP contribution in [-0.2, 0) is 9.59 Å². The topological polar surface area (TPSA) is 58.2 Å². The highest BCUT2D eigenvalue weighted by atomic mass is 35.5. The second kappa shape index (κ2) is 6.22. The van der Waals surface area contributed by atoms with Gasteiger partial charge in [-0.2, -0.15) is 0 Å². The maximum atomic E-state index is 12.9. The van der Waals surface area contributed by atoms with E-state index in [0.29, 0.717) is 18.2 Å². The molecule has 1 fully saturated rings. The lowest BCUT2D eigenvalue weighted by Crippen LogP contribution is -2.29. The number of amides is 2. The van der Waals surface area contributed by atoms with Crippen LogP contribution in [0.25, 0.3) is 0 Å². The first-order valence-electron chi connectivity index (χ1n) is 6.50. The predicted octanol–water partition coefficient (Wildman–Crippen LogP) is 2.58. The quantitative estimate of drug-likeness (QED) is 0.878. The number of rotatable bonds is 5. The fraction of sp³-hybridized carbons (Fsp3) is 0.429. The van der Waals surface area contributed by atoms with Crippen molar-refractivity contribution < 1.29 is 14.0 Å². The highest BCUT2D eigenvalue weighted by Crippen LogP contribution is 2.37. The second-order valence-corrected chi connectivity index (χ2v) is 5.44. The molecule has 0 radical (unpaired) electrons. The molecule has 108 valence electrons. The first-order valence-corrected chi connectivity index (χ1v) is 6.88. The summed E-state index contributed by atoms with van der Waals surface area (Å²) in [5, 5.41) is 5.28. The zero-order valence-corrected chi connectivity index (χ0v) is 11.8. The molecule has 0 bridgehead atoms. The average Bonchev–Trinajstić information content (AvgIpc) is 3.11. The van der Waals surface area contributed by atoms with Gasteiger partial charge in [-0.15, -0.1) is 0 Å². The zero-order chi connectivity index (χ0) is 14.7. The molecule has 1 aromatic rings. The largest absolute Gasteiger partial charge is 0.355 e. The molecule has 0 aromatic heterocycles. The van der Waals surface area contributed by atoms with E-state index in [1.165, 1.54) is 18.2 Å². The van der Waals surface area contributed by atoms with Crippen LogP contribution in [0.5, 0.6) is 0 Å². The summed E-state index contributed by atoms with van der Waals surface area (Å²) in [5.74, 6) is -0.221. The van der Waals surface area contributed by atoms with Crippen LogP contribution < -0.4 is 10.6 Å². The van der Waals surface area contributed by atoms with Gasteiger partial charge in [0.05, 0.1) is 5.02 Å². The molecule has 0 saturated heterocycles. The van der Waals surface area contributed by atoms with Crippen molar-refractivity contribution in [2.24, 2.45) is 11.8 Å². The number of carbonyl (C=O) groups excluding carboxylic acids is 2. The highest BCUT2D eigenvalue weighted by molar-refractivity contribution is 6.31. The summed E-state index contributed by atoms with van der Waals surface area (Å²) in [4.78, 5) is 23.2. The van der Waals surface area contributed by atoms with Gasteiger partial charge in [-0.05, 0) is 30.5 Å². The first-order chi connectivity index (χ1) is 9.47. The van der Waals surface area contributed by atoms with Gasteiger partial charge >= 0.3 is 0 Å². The molecule has 6 heteroatoms. The van der Waals surface area contributed by atoms with E-state index in [1.54, 1.807) is 0 Å². The van der Waals surface area contributed by atoms with Crippen LogP contribution in [-0.4, -0.2) is 18.4 Å². The third-order valence-corrected chi connectivity index (χ3v) is 3.59. The van der Waals surface area contributed by atoms with E-state index in [9.17, 15) is 14.0 Å². The standard InChI is InChI=1S/C14H16ClFN2O2/c1-8-6-10(8)14(20)17-5-4-13(19)18-9-2-3-12(16)11(15)7-9/h2-3,7-8,10H,4-6H2,1H3,(H,17,20)(H,18,19). The minimum atomic E-state index is -0.532. The molecule has 0 heterocycles. The van der Waals surface area contributed by atoms with E-state index in [0.717, 1.165) is 6.42 Å². The lowest BCUT2D eigenvalue weighted by molar-refractivity contribution is -0.122. The Balaban J connectivity index is 1.72. The Labute approximate surface area is 121 Å². The van der Waals surface area contributed by atoms with Gasteiger partial charge in [-0.25, -0.2) is 4.39 Å². The van der Waals surface area contributed by atoms with Crippen LogP contribution in [0.4, 0.5) is 10.1 Å². The molecule has 2 rings (SSSR count). The number of carbonyl (C=O) groups is 2. The van der Waals surface area contributed by atoms with Crippen LogP contribution in [0.15, 0.2) is 18.2 Å². The van der Waals surface area contributed by atoms with Crippen LogP contribution in [0.3, 0.4) is 0 Å². The number of nitrogens with one attached hydrogen (secondary N) is 2. The molecule has 1 aromatic carbocycles. The summed E-state index contributed by atoms with van der Waals surface area (Å²) in [7, 11) is 0. The fourth-order valence-corrected chi connectivity index (χ4v) is 2.10. The molecule has 4 nitrogen and oxygen atoms in total. The average molecular weight is 299 g/mol. The molecule has 2 unspecified atom stereocenters. The van der Waals surface area contributed by atoms with Crippen LogP contribution in [0, 0.1) is 17.7 Å². The Bertz CT molecular complexity index is 536. The zero-order valence-electron chi connectivity index (χ0n) is 11.1. The van der Waals surface area contributed by atoms with E-state index in [4.69, 9.17) is 11.6 Å². The van der Waals surface area contributed by atoms with E-state index in [-0.39, 0.29) is 29.2 Å². The van der Waals surface area contributed by atoms with Gasteiger partial charge in [0.25, 0.3) is 0 Å². The molecule has 20 heavy (non-hydrogen) atoms. The monoisotopic (exact) mass is 298 g/mol. The van der Waals surface area contributed by atoms with Gasteiger partial charge in [0.1, 0.15) is 5.82 Å². The van der Waals surface area contributed by atoms with Crippen LogP contribution in [0.1, 0.15) is 19.8 Å². The third kappa shape index (κ3) is 3.93. The van der Waals surface area contributed by atoms with Crippen LogP contribution >= 0.6 is 11.6 Å². The predicted molar refractivity (Wildman–Crippen MR) is 74.9 cm³/mol. The van der Waals surface area contributed by atoms with Crippen molar-refractivity contribution in [2.75, 3.05) is 11.9 Å². The van der Waals surface area contributed by atoms with Crippen molar-refractivity contribution in [3.8, 4) is 0 Å². The number of benzene rings is 1. The molecule has 2 N–H and O–H groups in total. The molecule has 0 aliphatic heterocycles. The van der Waals surface area contributed by atoms with Gasteiger partial charge < -0.3 is 10.6 Å². The lowest BCUT2D eigenvalue weighted by atomic mass is 10.3. The molecular weight excluding hydrogens is 283 g/mol. The number of hydrogen-bond donors (Lipinski definition) is 2. The SMILES string of the molecule is CC1CC1C(=O)NCCC(=O)Nc1ccc(F)c(Cl)c1. The maximum absolute atomic E-state index is 12.9. The fourth-order valence-electron chi connectivity index (χ4n) is 1.92. The Hall–Kier alpha value is -1.62. The summed E-state index contributed by atoms with van der Waals surface area (Å²) in [5.41, 5.74) is 0.434. The first kappa shape index (κ1) is 14.8. The smallest absolute Gasteiger partial charge is 0.226 e. The summed E-state index contributed by atoms with van der Waals surface area (Å²) in [6.07, 6.45) is 1.09. The van der Waals surface area contributed by atoms with E-state index in [1.807, 2.05) is 6.92 Å². The van der Waals surface area contributed by atoms with Crippen molar-refractivity contribution in [3.63, 3.8) is 0 Å². The number of hydrogen-bond acceptors (Lipinski definition) is 2. The Kier molecular flexibility index (Phi) is 4.60. The van der Waals surface area contributed by atoms with Gasteiger partial charge in [0.2, 0.25) is 11.8 Å².